The fraction of sp³-hybridized carbons (Fsp3) is 0.364. The molecule has 28 heavy (non-hydrogen) atoms. The van der Waals surface area contributed by atoms with Gasteiger partial charge in [-0.3, -0.25) is 0 Å². The Balaban J connectivity index is 1.75. The van der Waals surface area contributed by atoms with Gasteiger partial charge in [-0.25, -0.2) is 9.78 Å². The van der Waals surface area contributed by atoms with E-state index in [1.165, 1.54) is 0 Å². The van der Waals surface area contributed by atoms with Crippen LogP contribution in [0.4, 0.5) is 4.79 Å². The molecule has 0 radical (unpaired) electrons. The second-order valence-corrected chi connectivity index (χ2v) is 7.10. The van der Waals surface area contributed by atoms with Crippen LogP contribution in [0.2, 0.25) is 0 Å². The molecular formula is C22H26N4O2. The van der Waals surface area contributed by atoms with Gasteiger partial charge in [-0.2, -0.15) is 0 Å². The molecule has 3 heterocycles. The number of methoxy groups -OCH3 is 1. The Hall–Kier alpha value is -3.02. The second kappa shape index (κ2) is 7.92. The highest BCUT2D eigenvalue weighted by molar-refractivity contribution is 5.81. The lowest BCUT2D eigenvalue weighted by atomic mass is 9.97. The van der Waals surface area contributed by atoms with Crippen LogP contribution in [0.25, 0.3) is 16.8 Å². The molecule has 0 saturated carbocycles. The van der Waals surface area contributed by atoms with Crippen LogP contribution in [0.15, 0.2) is 48.7 Å². The first-order chi connectivity index (χ1) is 13.7. The fourth-order valence-corrected chi connectivity index (χ4v) is 4.02. The largest absolute Gasteiger partial charge is 0.496 e. The van der Waals surface area contributed by atoms with E-state index in [-0.39, 0.29) is 11.9 Å². The highest BCUT2D eigenvalue weighted by Crippen LogP contribution is 2.35. The summed E-state index contributed by atoms with van der Waals surface area (Å²) in [5.41, 5.74) is 2.96. The molecule has 1 unspecified atom stereocenters. The molecule has 1 aliphatic heterocycles. The minimum Gasteiger partial charge on any atom is -0.496 e. The summed E-state index contributed by atoms with van der Waals surface area (Å²) in [5.74, 6) is 2.02. The summed E-state index contributed by atoms with van der Waals surface area (Å²) in [4.78, 5) is 19.3. The quantitative estimate of drug-likeness (QED) is 0.749. The number of hydrogen-bond acceptors (Lipinski definition) is 3. The van der Waals surface area contributed by atoms with E-state index >= 15 is 0 Å². The van der Waals surface area contributed by atoms with E-state index in [1.54, 1.807) is 7.11 Å². The number of likely N-dealkylation sites (tertiary alicyclic amines) is 1. The second-order valence-electron chi connectivity index (χ2n) is 7.10. The maximum Gasteiger partial charge on any atom is 0.317 e. The number of ether oxygens (including phenoxy) is 1. The molecule has 0 aliphatic carbocycles. The number of carbonyl (C=O) groups excluding carboxylic acids is 1. The number of imidazole rings is 1. The number of nitrogens with one attached hydrogen (secondary N) is 1. The van der Waals surface area contributed by atoms with Crippen LogP contribution in [-0.4, -0.2) is 47.1 Å². The highest BCUT2D eigenvalue weighted by atomic mass is 16.5. The number of rotatable bonds is 4. The van der Waals surface area contributed by atoms with E-state index in [9.17, 15) is 4.79 Å². The Morgan fingerprint density at radius 2 is 2.07 bits per heavy atom. The number of para-hydroxylation sites is 1. The average molecular weight is 378 g/mol. The van der Waals surface area contributed by atoms with E-state index in [2.05, 4.69) is 22.0 Å². The Labute approximate surface area is 165 Å². The van der Waals surface area contributed by atoms with Crippen molar-refractivity contribution in [1.29, 1.82) is 0 Å². The van der Waals surface area contributed by atoms with Gasteiger partial charge in [0.25, 0.3) is 0 Å². The van der Waals surface area contributed by atoms with Crippen molar-refractivity contribution in [3.05, 3.63) is 54.5 Å². The van der Waals surface area contributed by atoms with Gasteiger partial charge in [-0.15, -0.1) is 0 Å². The van der Waals surface area contributed by atoms with Crippen molar-refractivity contribution in [2.45, 2.75) is 25.7 Å². The van der Waals surface area contributed by atoms with Crippen LogP contribution >= 0.6 is 0 Å². The van der Waals surface area contributed by atoms with Gasteiger partial charge in [0.1, 0.15) is 17.3 Å². The first-order valence-electron chi connectivity index (χ1n) is 9.86. The zero-order chi connectivity index (χ0) is 19.5. The maximum atomic E-state index is 12.3. The van der Waals surface area contributed by atoms with Crippen molar-refractivity contribution in [2.75, 3.05) is 26.7 Å². The van der Waals surface area contributed by atoms with E-state index in [1.807, 2.05) is 48.2 Å². The average Bonchev–Trinajstić information content (AvgIpc) is 3.13. The third-order valence-electron chi connectivity index (χ3n) is 5.34. The van der Waals surface area contributed by atoms with Crippen molar-refractivity contribution >= 4 is 11.5 Å². The van der Waals surface area contributed by atoms with Crippen molar-refractivity contribution in [3.63, 3.8) is 0 Å². The lowest BCUT2D eigenvalue weighted by molar-refractivity contribution is 0.179. The number of urea groups is 1. The summed E-state index contributed by atoms with van der Waals surface area (Å²) >= 11 is 0. The number of piperidine rings is 1. The Morgan fingerprint density at radius 1 is 1.25 bits per heavy atom. The fourth-order valence-electron chi connectivity index (χ4n) is 4.02. The summed E-state index contributed by atoms with van der Waals surface area (Å²) in [5, 5.41) is 2.91. The highest BCUT2D eigenvalue weighted by Gasteiger charge is 2.28. The van der Waals surface area contributed by atoms with E-state index < -0.39 is 0 Å². The van der Waals surface area contributed by atoms with Crippen LogP contribution in [0.3, 0.4) is 0 Å². The van der Waals surface area contributed by atoms with Gasteiger partial charge in [0.2, 0.25) is 0 Å². The number of benzene rings is 1. The number of amides is 2. The molecule has 1 aromatic carbocycles. The summed E-state index contributed by atoms with van der Waals surface area (Å²) < 4.78 is 7.73. The molecule has 1 atom stereocenters. The molecule has 1 saturated heterocycles. The molecule has 1 aliphatic rings. The Kier molecular flexibility index (Phi) is 5.19. The minimum absolute atomic E-state index is 0.0120. The van der Waals surface area contributed by atoms with Gasteiger partial charge < -0.3 is 19.4 Å². The van der Waals surface area contributed by atoms with Gasteiger partial charge in [-0.05, 0) is 44.0 Å². The topological polar surface area (TPSA) is 58.9 Å². The third-order valence-corrected chi connectivity index (χ3v) is 5.34. The molecule has 2 amide bonds. The predicted octanol–water partition coefficient (Wildman–Crippen LogP) is 3.92. The van der Waals surface area contributed by atoms with Crippen molar-refractivity contribution in [1.82, 2.24) is 19.6 Å². The van der Waals surface area contributed by atoms with Gasteiger partial charge in [0.15, 0.2) is 0 Å². The van der Waals surface area contributed by atoms with Crippen LogP contribution < -0.4 is 10.1 Å². The summed E-state index contributed by atoms with van der Waals surface area (Å²) in [6.45, 7) is 4.07. The molecule has 6 nitrogen and oxygen atoms in total. The third kappa shape index (κ3) is 3.30. The Bertz CT molecular complexity index is 982. The standard InChI is InChI=1S/C22H26N4O2/c1-3-23-22(27)25-13-8-9-16(15-25)21-24-20(18-11-6-7-14-26(18)21)17-10-4-5-12-19(17)28-2/h4-7,10-12,14,16H,3,8-9,13,15H2,1-2H3,(H,23,27). The Morgan fingerprint density at radius 3 is 2.89 bits per heavy atom. The van der Waals surface area contributed by atoms with Gasteiger partial charge in [0, 0.05) is 37.3 Å². The van der Waals surface area contributed by atoms with E-state index in [4.69, 9.17) is 9.72 Å². The summed E-state index contributed by atoms with van der Waals surface area (Å²) in [6.07, 6.45) is 4.06. The molecule has 0 bridgehead atoms. The first kappa shape index (κ1) is 18.3. The molecule has 2 aromatic heterocycles. The number of nitrogens with zero attached hydrogens (tertiary/aromatic N) is 3. The molecule has 3 aromatic rings. The molecular weight excluding hydrogens is 352 g/mol. The lowest BCUT2D eigenvalue weighted by Crippen LogP contribution is -2.45. The van der Waals surface area contributed by atoms with Crippen molar-refractivity contribution < 1.29 is 9.53 Å². The van der Waals surface area contributed by atoms with Crippen molar-refractivity contribution in [3.8, 4) is 17.0 Å². The van der Waals surface area contributed by atoms with Gasteiger partial charge in [0.05, 0.1) is 12.6 Å². The number of aromatic nitrogens is 2. The molecule has 4 rings (SSSR count). The molecule has 1 N–H and O–H groups in total. The molecule has 6 heteroatoms. The summed E-state index contributed by atoms with van der Waals surface area (Å²) in [7, 11) is 1.68. The minimum atomic E-state index is 0.0120. The van der Waals surface area contributed by atoms with E-state index in [0.29, 0.717) is 13.1 Å². The van der Waals surface area contributed by atoms with Crippen LogP contribution in [0, 0.1) is 0 Å². The van der Waals surface area contributed by atoms with Gasteiger partial charge in [-0.1, -0.05) is 18.2 Å². The smallest absolute Gasteiger partial charge is 0.317 e. The molecule has 146 valence electrons. The monoisotopic (exact) mass is 378 g/mol. The maximum absolute atomic E-state index is 12.3. The lowest BCUT2D eigenvalue weighted by Gasteiger charge is -2.32. The zero-order valence-corrected chi connectivity index (χ0v) is 16.4. The summed E-state index contributed by atoms with van der Waals surface area (Å²) in [6, 6.07) is 14.1. The van der Waals surface area contributed by atoms with E-state index in [0.717, 1.165) is 47.7 Å². The number of carbonyl (C=O) groups is 1. The van der Waals surface area contributed by atoms with Crippen LogP contribution in [0.1, 0.15) is 31.5 Å². The van der Waals surface area contributed by atoms with Crippen LogP contribution in [0.5, 0.6) is 5.75 Å². The van der Waals surface area contributed by atoms with Crippen LogP contribution in [-0.2, 0) is 0 Å². The number of pyridine rings is 1. The van der Waals surface area contributed by atoms with Gasteiger partial charge >= 0.3 is 6.03 Å². The normalized spacial score (nSPS) is 16.9. The van der Waals surface area contributed by atoms with Crippen molar-refractivity contribution in [2.24, 2.45) is 0 Å². The number of fused-ring (bicyclic) bond motifs is 1. The zero-order valence-electron chi connectivity index (χ0n) is 16.4. The predicted molar refractivity (Wildman–Crippen MR) is 110 cm³/mol. The molecule has 0 spiro atoms. The molecule has 1 fully saturated rings. The first-order valence-corrected chi connectivity index (χ1v) is 9.86. The SMILES string of the molecule is CCNC(=O)N1CCCC(c2nc(-c3ccccc3OC)c3ccccn23)C1. The number of hydrogen-bond donors (Lipinski definition) is 1.